The smallest absolute Gasteiger partial charge is 0.254 e. The summed E-state index contributed by atoms with van der Waals surface area (Å²) < 4.78 is 3.96. The fourth-order valence-corrected chi connectivity index (χ4v) is 2.66. The molecule has 19 heavy (non-hydrogen) atoms. The Bertz CT molecular complexity index is 790. The number of halogens is 1. The van der Waals surface area contributed by atoms with Gasteiger partial charge in [0.1, 0.15) is 15.0 Å². The predicted octanol–water partition coefficient (Wildman–Crippen LogP) is 0.833. The van der Waals surface area contributed by atoms with Crippen molar-refractivity contribution in [2.45, 2.75) is 0 Å². The summed E-state index contributed by atoms with van der Waals surface area (Å²) in [6, 6.07) is 1.74. The van der Waals surface area contributed by atoms with Crippen molar-refractivity contribution in [2.24, 2.45) is 12.8 Å². The molecular formula is C11H9IN6O. The molecule has 0 spiro atoms. The molecule has 96 valence electrons. The third-order valence-electron chi connectivity index (χ3n) is 2.68. The van der Waals surface area contributed by atoms with Crippen LogP contribution in [0.25, 0.3) is 16.9 Å². The predicted molar refractivity (Wildman–Crippen MR) is 76.4 cm³/mol. The zero-order valence-electron chi connectivity index (χ0n) is 9.91. The van der Waals surface area contributed by atoms with Crippen LogP contribution in [0.5, 0.6) is 0 Å². The van der Waals surface area contributed by atoms with E-state index in [1.807, 2.05) is 7.05 Å². The van der Waals surface area contributed by atoms with Gasteiger partial charge in [-0.05, 0) is 28.7 Å². The lowest BCUT2D eigenvalue weighted by Crippen LogP contribution is -2.12. The topological polar surface area (TPSA) is 91.1 Å². The molecule has 0 saturated carbocycles. The van der Waals surface area contributed by atoms with Gasteiger partial charge in [0.25, 0.3) is 5.91 Å². The maximum Gasteiger partial charge on any atom is 0.254 e. The molecule has 3 aromatic rings. The van der Waals surface area contributed by atoms with E-state index in [9.17, 15) is 4.79 Å². The number of hydrogen-bond donors (Lipinski definition) is 1. The van der Waals surface area contributed by atoms with Crippen molar-refractivity contribution in [1.82, 2.24) is 24.4 Å². The van der Waals surface area contributed by atoms with Gasteiger partial charge in [-0.1, -0.05) is 0 Å². The van der Waals surface area contributed by atoms with Gasteiger partial charge in [0.15, 0.2) is 5.65 Å². The Morgan fingerprint density at radius 1 is 1.42 bits per heavy atom. The van der Waals surface area contributed by atoms with Crippen molar-refractivity contribution >= 4 is 34.1 Å². The minimum Gasteiger partial charge on any atom is -0.365 e. The summed E-state index contributed by atoms with van der Waals surface area (Å²) in [6.45, 7) is 0. The molecule has 3 heterocycles. The van der Waals surface area contributed by atoms with Crippen LogP contribution in [0.4, 0.5) is 0 Å². The molecule has 0 aromatic carbocycles. The van der Waals surface area contributed by atoms with Gasteiger partial charge in [0, 0.05) is 25.6 Å². The van der Waals surface area contributed by atoms with Crippen molar-refractivity contribution in [3.63, 3.8) is 0 Å². The van der Waals surface area contributed by atoms with E-state index in [-0.39, 0.29) is 0 Å². The Morgan fingerprint density at radius 2 is 2.21 bits per heavy atom. The summed E-state index contributed by atoms with van der Waals surface area (Å²) in [4.78, 5) is 15.8. The Morgan fingerprint density at radius 3 is 2.84 bits per heavy atom. The van der Waals surface area contributed by atoms with E-state index < -0.39 is 5.91 Å². The van der Waals surface area contributed by atoms with E-state index in [2.05, 4.69) is 37.8 Å². The van der Waals surface area contributed by atoms with Crippen molar-refractivity contribution in [3.8, 4) is 11.3 Å². The van der Waals surface area contributed by atoms with E-state index in [0.29, 0.717) is 16.9 Å². The molecule has 0 fully saturated rings. The van der Waals surface area contributed by atoms with Crippen LogP contribution in [0.15, 0.2) is 24.7 Å². The molecule has 0 radical (unpaired) electrons. The molecule has 3 aromatic heterocycles. The lowest BCUT2D eigenvalue weighted by atomic mass is 10.1. The average molecular weight is 368 g/mol. The molecule has 7 nitrogen and oxygen atoms in total. The van der Waals surface area contributed by atoms with Crippen LogP contribution in [0.3, 0.4) is 0 Å². The third-order valence-corrected chi connectivity index (χ3v) is 3.48. The van der Waals surface area contributed by atoms with Crippen LogP contribution >= 0.6 is 22.6 Å². The normalized spacial score (nSPS) is 11.1. The zero-order chi connectivity index (χ0) is 13.6. The fourth-order valence-electron chi connectivity index (χ4n) is 1.92. The molecular weight excluding hydrogens is 359 g/mol. The lowest BCUT2D eigenvalue weighted by molar-refractivity contribution is 0.100. The van der Waals surface area contributed by atoms with E-state index in [4.69, 9.17) is 5.73 Å². The van der Waals surface area contributed by atoms with Crippen LogP contribution in [0.1, 0.15) is 10.4 Å². The Balaban J connectivity index is 2.37. The van der Waals surface area contributed by atoms with Crippen molar-refractivity contribution in [1.29, 1.82) is 0 Å². The Kier molecular flexibility index (Phi) is 2.73. The van der Waals surface area contributed by atoms with Gasteiger partial charge < -0.3 is 5.73 Å². The number of nitrogens with zero attached hydrogens (tertiary/aromatic N) is 5. The second kappa shape index (κ2) is 4.30. The summed E-state index contributed by atoms with van der Waals surface area (Å²) in [6.07, 6.45) is 5.12. The van der Waals surface area contributed by atoms with Crippen LogP contribution < -0.4 is 5.73 Å². The number of rotatable bonds is 2. The Labute approximate surface area is 121 Å². The summed E-state index contributed by atoms with van der Waals surface area (Å²) in [5.41, 5.74) is 7.49. The number of primary amides is 1. The largest absolute Gasteiger partial charge is 0.365 e. The van der Waals surface area contributed by atoms with Crippen LogP contribution in [0.2, 0.25) is 0 Å². The highest BCUT2D eigenvalue weighted by atomic mass is 127. The van der Waals surface area contributed by atoms with E-state index in [1.54, 1.807) is 33.9 Å². The fraction of sp³-hybridized carbons (Fsp3) is 0.0909. The molecule has 0 aliphatic carbocycles. The number of fused-ring (bicyclic) bond motifs is 1. The SMILES string of the molecule is Cn1cc(-c2nn3cccnc3c2C(N)=O)c(I)n1. The number of aromatic nitrogens is 5. The third kappa shape index (κ3) is 1.87. The number of amides is 1. The summed E-state index contributed by atoms with van der Waals surface area (Å²) >= 11 is 2.10. The molecule has 0 unspecified atom stereocenters. The van der Waals surface area contributed by atoms with Crippen molar-refractivity contribution in [3.05, 3.63) is 33.9 Å². The van der Waals surface area contributed by atoms with Crippen molar-refractivity contribution in [2.75, 3.05) is 0 Å². The highest BCUT2D eigenvalue weighted by molar-refractivity contribution is 14.1. The average Bonchev–Trinajstić information content (AvgIpc) is 2.88. The molecule has 2 N–H and O–H groups in total. The molecule has 0 atom stereocenters. The highest BCUT2D eigenvalue weighted by Gasteiger charge is 2.22. The zero-order valence-corrected chi connectivity index (χ0v) is 12.1. The minimum absolute atomic E-state index is 0.312. The molecule has 3 rings (SSSR count). The second-order valence-corrected chi connectivity index (χ2v) is 5.00. The molecule has 8 heteroatoms. The van der Waals surface area contributed by atoms with E-state index >= 15 is 0 Å². The maximum absolute atomic E-state index is 11.7. The van der Waals surface area contributed by atoms with E-state index in [0.717, 1.165) is 9.26 Å². The second-order valence-electron chi connectivity index (χ2n) is 3.98. The number of nitrogens with two attached hydrogens (primary N) is 1. The van der Waals surface area contributed by atoms with Gasteiger partial charge in [-0.15, -0.1) is 0 Å². The molecule has 1 amide bonds. The molecule has 0 aliphatic rings. The standard InChI is InChI=1S/C11H9IN6O/c1-17-5-6(9(12)16-17)8-7(10(13)19)11-14-3-2-4-18(11)15-8/h2-5H,1H3,(H2,13,19). The van der Waals surface area contributed by atoms with Gasteiger partial charge in [-0.25, -0.2) is 9.50 Å². The summed E-state index contributed by atoms with van der Waals surface area (Å²) in [7, 11) is 1.81. The monoisotopic (exact) mass is 368 g/mol. The first kappa shape index (κ1) is 12.1. The first-order valence-corrected chi connectivity index (χ1v) is 6.48. The van der Waals surface area contributed by atoms with Crippen LogP contribution in [-0.4, -0.2) is 30.3 Å². The first-order chi connectivity index (χ1) is 9.08. The summed E-state index contributed by atoms with van der Waals surface area (Å²) in [5.74, 6) is -0.552. The summed E-state index contributed by atoms with van der Waals surface area (Å²) in [5, 5.41) is 8.61. The van der Waals surface area contributed by atoms with Crippen LogP contribution in [0, 0.1) is 3.70 Å². The quantitative estimate of drug-likeness (QED) is 0.679. The number of carbonyl (C=O) groups excluding carboxylic acids is 1. The van der Waals surface area contributed by atoms with Crippen molar-refractivity contribution < 1.29 is 4.79 Å². The number of carbonyl (C=O) groups is 1. The lowest BCUT2D eigenvalue weighted by Gasteiger charge is -1.95. The minimum atomic E-state index is -0.552. The molecule has 0 aliphatic heterocycles. The first-order valence-electron chi connectivity index (χ1n) is 5.40. The van der Waals surface area contributed by atoms with E-state index in [1.165, 1.54) is 0 Å². The molecule has 0 bridgehead atoms. The van der Waals surface area contributed by atoms with Gasteiger partial charge in [-0.3, -0.25) is 9.48 Å². The number of aryl methyl sites for hydroxylation is 1. The van der Waals surface area contributed by atoms with Gasteiger partial charge in [0.2, 0.25) is 0 Å². The van der Waals surface area contributed by atoms with Crippen LogP contribution in [-0.2, 0) is 7.05 Å². The molecule has 0 saturated heterocycles. The maximum atomic E-state index is 11.7. The number of hydrogen-bond acceptors (Lipinski definition) is 4. The van der Waals surface area contributed by atoms with Gasteiger partial charge in [-0.2, -0.15) is 10.2 Å². The highest BCUT2D eigenvalue weighted by Crippen LogP contribution is 2.28. The Hall–Kier alpha value is -1.97. The van der Waals surface area contributed by atoms with Gasteiger partial charge >= 0.3 is 0 Å². The van der Waals surface area contributed by atoms with Gasteiger partial charge in [0.05, 0.1) is 5.56 Å².